The van der Waals surface area contributed by atoms with Crippen LogP contribution in [0, 0.1) is 11.8 Å². The Morgan fingerprint density at radius 1 is 1.28 bits per heavy atom. The van der Waals surface area contributed by atoms with Gasteiger partial charge in [0.2, 0.25) is 10.0 Å². The van der Waals surface area contributed by atoms with Crippen LogP contribution >= 0.6 is 0 Å². The third-order valence-corrected chi connectivity index (χ3v) is 6.16. The summed E-state index contributed by atoms with van der Waals surface area (Å²) in [5.41, 5.74) is 1.62. The minimum Gasteiger partial charge on any atom is -0.303 e. The van der Waals surface area contributed by atoms with Crippen molar-refractivity contribution in [1.82, 2.24) is 4.90 Å². The molecule has 25 heavy (non-hydrogen) atoms. The Labute approximate surface area is 146 Å². The number of halogens is 3. The molecule has 3 rings (SSSR count). The zero-order chi connectivity index (χ0) is 18.5. The topological polar surface area (TPSA) is 49.4 Å². The van der Waals surface area contributed by atoms with Crippen LogP contribution < -0.4 is 4.72 Å². The standard InChI is InChI=1S/C17H23F3N2O2S/c1-16(12-5-3-6-13(9-12)21-25(2,23)24)14-10-22(11-15(14)16)8-4-7-17(18,19)20/h3,5-6,9,14-15,21H,4,7-8,10-11H2,1-2H3. The summed E-state index contributed by atoms with van der Waals surface area (Å²) < 4.78 is 62.0. The van der Waals surface area contributed by atoms with Gasteiger partial charge >= 0.3 is 6.18 Å². The van der Waals surface area contributed by atoms with Gasteiger partial charge in [-0.15, -0.1) is 0 Å². The summed E-state index contributed by atoms with van der Waals surface area (Å²) in [6.45, 7) is 4.26. The fourth-order valence-electron chi connectivity index (χ4n) is 4.21. The Morgan fingerprint density at radius 3 is 2.48 bits per heavy atom. The number of nitrogens with one attached hydrogen (secondary N) is 1. The smallest absolute Gasteiger partial charge is 0.303 e. The van der Waals surface area contributed by atoms with E-state index in [9.17, 15) is 21.6 Å². The van der Waals surface area contributed by atoms with E-state index in [2.05, 4.69) is 16.5 Å². The van der Waals surface area contributed by atoms with Gasteiger partial charge in [-0.1, -0.05) is 19.1 Å². The van der Waals surface area contributed by atoms with Gasteiger partial charge < -0.3 is 4.90 Å². The van der Waals surface area contributed by atoms with Crippen LogP contribution in [0.5, 0.6) is 0 Å². The molecule has 0 radical (unpaired) electrons. The lowest BCUT2D eigenvalue weighted by atomic mass is 9.92. The van der Waals surface area contributed by atoms with Crippen molar-refractivity contribution in [2.24, 2.45) is 11.8 Å². The van der Waals surface area contributed by atoms with E-state index in [4.69, 9.17) is 0 Å². The zero-order valence-corrected chi connectivity index (χ0v) is 15.1. The molecule has 140 valence electrons. The van der Waals surface area contributed by atoms with Gasteiger partial charge in [0.05, 0.1) is 6.26 Å². The number of anilines is 1. The highest BCUT2D eigenvalue weighted by Crippen LogP contribution is 2.63. The van der Waals surface area contributed by atoms with E-state index in [1.807, 2.05) is 18.2 Å². The highest BCUT2D eigenvalue weighted by molar-refractivity contribution is 7.92. The van der Waals surface area contributed by atoms with Gasteiger partial charge in [0.25, 0.3) is 0 Å². The minimum absolute atomic E-state index is 0.0181. The van der Waals surface area contributed by atoms with E-state index in [0.29, 0.717) is 24.1 Å². The molecule has 1 heterocycles. The number of benzene rings is 1. The van der Waals surface area contributed by atoms with E-state index in [1.165, 1.54) is 0 Å². The van der Waals surface area contributed by atoms with E-state index >= 15 is 0 Å². The summed E-state index contributed by atoms with van der Waals surface area (Å²) in [5.74, 6) is 0.846. The first-order valence-electron chi connectivity index (χ1n) is 8.36. The van der Waals surface area contributed by atoms with E-state index in [0.717, 1.165) is 24.9 Å². The lowest BCUT2D eigenvalue weighted by Gasteiger charge is -2.25. The van der Waals surface area contributed by atoms with Crippen molar-refractivity contribution < 1.29 is 21.6 Å². The second kappa shape index (κ2) is 6.16. The Balaban J connectivity index is 1.59. The van der Waals surface area contributed by atoms with E-state index < -0.39 is 22.6 Å². The van der Waals surface area contributed by atoms with Crippen molar-refractivity contribution in [2.45, 2.75) is 31.4 Å². The number of sulfonamides is 1. The molecule has 1 aliphatic heterocycles. The van der Waals surface area contributed by atoms with Gasteiger partial charge in [-0.05, 0) is 42.5 Å². The van der Waals surface area contributed by atoms with E-state index in [1.54, 1.807) is 6.07 Å². The summed E-state index contributed by atoms with van der Waals surface area (Å²) >= 11 is 0. The van der Waals surface area contributed by atoms with Crippen LogP contribution in [0.25, 0.3) is 0 Å². The van der Waals surface area contributed by atoms with Crippen LogP contribution in [0.4, 0.5) is 18.9 Å². The van der Waals surface area contributed by atoms with Crippen LogP contribution in [0.15, 0.2) is 24.3 Å². The molecule has 1 aromatic carbocycles. The van der Waals surface area contributed by atoms with Crippen molar-refractivity contribution >= 4 is 15.7 Å². The van der Waals surface area contributed by atoms with Crippen molar-refractivity contribution in [3.8, 4) is 0 Å². The average Bonchev–Trinajstić information content (AvgIpc) is 2.82. The molecule has 2 fully saturated rings. The molecule has 0 aromatic heterocycles. The molecule has 2 unspecified atom stereocenters. The quantitative estimate of drug-likeness (QED) is 0.829. The van der Waals surface area contributed by atoms with Crippen LogP contribution in [-0.2, 0) is 15.4 Å². The van der Waals surface area contributed by atoms with Gasteiger partial charge in [-0.25, -0.2) is 8.42 Å². The monoisotopic (exact) mass is 376 g/mol. The summed E-state index contributed by atoms with van der Waals surface area (Å²) in [4.78, 5) is 2.11. The second-order valence-corrected chi connectivity index (χ2v) is 9.18. The van der Waals surface area contributed by atoms with Crippen LogP contribution in [0.3, 0.4) is 0 Å². The number of likely N-dealkylation sites (tertiary alicyclic amines) is 1. The van der Waals surface area contributed by atoms with Crippen molar-refractivity contribution in [3.05, 3.63) is 29.8 Å². The maximum Gasteiger partial charge on any atom is 0.389 e. The average molecular weight is 376 g/mol. The number of nitrogens with zero attached hydrogens (tertiary/aromatic N) is 1. The highest BCUT2D eigenvalue weighted by Gasteiger charge is 2.65. The summed E-state index contributed by atoms with van der Waals surface area (Å²) in [7, 11) is -3.32. The molecular weight excluding hydrogens is 353 g/mol. The number of fused-ring (bicyclic) bond motifs is 1. The third-order valence-electron chi connectivity index (χ3n) is 5.55. The van der Waals surface area contributed by atoms with Gasteiger partial charge in [-0.3, -0.25) is 4.72 Å². The molecule has 1 saturated heterocycles. The highest BCUT2D eigenvalue weighted by atomic mass is 32.2. The fourth-order valence-corrected chi connectivity index (χ4v) is 4.76. The molecule has 8 heteroatoms. The Morgan fingerprint density at radius 2 is 1.92 bits per heavy atom. The summed E-state index contributed by atoms with van der Waals surface area (Å²) in [6.07, 6.45) is -3.54. The molecule has 0 spiro atoms. The molecule has 4 nitrogen and oxygen atoms in total. The molecule has 1 aliphatic carbocycles. The summed E-state index contributed by atoms with van der Waals surface area (Å²) in [6, 6.07) is 7.42. The maximum atomic E-state index is 12.2. The largest absolute Gasteiger partial charge is 0.389 e. The number of hydrogen-bond acceptors (Lipinski definition) is 3. The predicted molar refractivity (Wildman–Crippen MR) is 91.0 cm³/mol. The molecular formula is C17H23F3N2O2S. The Bertz CT molecular complexity index is 737. The third kappa shape index (κ3) is 4.11. The number of alkyl halides is 3. The molecule has 2 atom stereocenters. The summed E-state index contributed by atoms with van der Waals surface area (Å²) in [5, 5.41) is 0. The van der Waals surface area contributed by atoms with Crippen LogP contribution in [0.2, 0.25) is 0 Å². The van der Waals surface area contributed by atoms with Crippen LogP contribution in [0.1, 0.15) is 25.3 Å². The number of piperidine rings is 1. The Hall–Kier alpha value is -1.28. The first kappa shape index (κ1) is 18.5. The van der Waals surface area contributed by atoms with Crippen LogP contribution in [-0.4, -0.2) is 45.4 Å². The molecule has 1 N–H and O–H groups in total. The van der Waals surface area contributed by atoms with Crippen molar-refractivity contribution in [2.75, 3.05) is 30.6 Å². The lowest BCUT2D eigenvalue weighted by molar-refractivity contribution is -0.136. The predicted octanol–water partition coefficient (Wildman–Crippen LogP) is 3.22. The maximum absolute atomic E-state index is 12.2. The Kier molecular flexibility index (Phi) is 4.56. The molecule has 2 aliphatic rings. The van der Waals surface area contributed by atoms with Gasteiger partial charge in [0.15, 0.2) is 0 Å². The SMILES string of the molecule is CC1(c2cccc(NS(C)(=O)=O)c2)C2CN(CCCC(F)(F)F)CC21. The van der Waals surface area contributed by atoms with Crippen molar-refractivity contribution in [3.63, 3.8) is 0 Å². The zero-order valence-electron chi connectivity index (χ0n) is 14.3. The van der Waals surface area contributed by atoms with Crippen molar-refractivity contribution in [1.29, 1.82) is 0 Å². The number of rotatable bonds is 6. The van der Waals surface area contributed by atoms with Gasteiger partial charge in [-0.2, -0.15) is 13.2 Å². The molecule has 0 amide bonds. The normalized spacial score (nSPS) is 29.5. The second-order valence-electron chi connectivity index (χ2n) is 7.43. The van der Waals surface area contributed by atoms with Gasteiger partial charge in [0.1, 0.15) is 0 Å². The van der Waals surface area contributed by atoms with E-state index in [-0.39, 0.29) is 11.8 Å². The first-order chi connectivity index (χ1) is 11.5. The number of hydrogen-bond donors (Lipinski definition) is 1. The molecule has 0 bridgehead atoms. The molecule has 1 aromatic rings. The molecule has 1 saturated carbocycles. The minimum atomic E-state index is -4.08. The van der Waals surface area contributed by atoms with Gasteiger partial charge in [0, 0.05) is 30.6 Å². The lowest BCUT2D eigenvalue weighted by Crippen LogP contribution is -2.30. The first-order valence-corrected chi connectivity index (χ1v) is 10.3. The fraction of sp³-hybridized carbons (Fsp3) is 0.647.